The van der Waals surface area contributed by atoms with Crippen LogP contribution in [0.4, 0.5) is 14.5 Å². The molecule has 0 aliphatic carbocycles. The number of rotatable bonds is 3. The zero-order chi connectivity index (χ0) is 18.1. The smallest absolute Gasteiger partial charge is 0.270 e. The average Bonchev–Trinajstić information content (AvgIpc) is 2.85. The first-order valence-electron chi connectivity index (χ1n) is 6.91. The summed E-state index contributed by atoms with van der Waals surface area (Å²) < 4.78 is 26.5. The zero-order valence-electron chi connectivity index (χ0n) is 12.4. The molecule has 0 spiro atoms. The summed E-state index contributed by atoms with van der Waals surface area (Å²) >= 11 is 6.20. The molecule has 2 aromatic carbocycles. The Morgan fingerprint density at radius 3 is 2.40 bits per heavy atom. The number of aromatic carboxylic acids is 1. The van der Waals surface area contributed by atoms with Gasteiger partial charge in [-0.3, -0.25) is 9.69 Å². The van der Waals surface area contributed by atoms with E-state index in [1.54, 1.807) is 0 Å². The maximum Gasteiger partial charge on any atom is 0.270 e. The van der Waals surface area contributed by atoms with Gasteiger partial charge in [0, 0.05) is 0 Å². The van der Waals surface area contributed by atoms with E-state index in [1.165, 1.54) is 41.3 Å². The third-order valence-corrected chi connectivity index (χ3v) is 4.70. The number of carbonyl (C=O) groups excluding carboxylic acids is 2. The molecule has 25 heavy (non-hydrogen) atoms. The summed E-state index contributed by atoms with van der Waals surface area (Å²) in [6.07, 6.45) is 1.41. The second-order valence-electron chi connectivity index (χ2n) is 5.02. The molecule has 1 saturated heterocycles. The van der Waals surface area contributed by atoms with Crippen LogP contribution in [-0.2, 0) is 4.79 Å². The molecule has 1 heterocycles. The van der Waals surface area contributed by atoms with E-state index in [-0.39, 0.29) is 14.8 Å². The third kappa shape index (κ3) is 3.45. The normalized spacial score (nSPS) is 15.9. The minimum atomic E-state index is -1.32. The molecule has 2 aromatic rings. The van der Waals surface area contributed by atoms with Crippen LogP contribution in [-0.4, -0.2) is 16.2 Å². The number of benzene rings is 2. The quantitative estimate of drug-likeness (QED) is 0.609. The summed E-state index contributed by atoms with van der Waals surface area (Å²) in [5.74, 6) is -3.74. The van der Waals surface area contributed by atoms with Crippen molar-refractivity contribution in [3.8, 4) is 0 Å². The van der Waals surface area contributed by atoms with Gasteiger partial charge in [-0.05, 0) is 41.5 Å². The lowest BCUT2D eigenvalue weighted by molar-refractivity contribution is -0.255. The molecule has 1 aliphatic rings. The molecule has 0 N–H and O–H groups in total. The first-order chi connectivity index (χ1) is 11.9. The number of anilines is 1. The molecule has 4 nitrogen and oxygen atoms in total. The Labute approximate surface area is 150 Å². The number of thioether (sulfide) groups is 1. The van der Waals surface area contributed by atoms with Crippen molar-refractivity contribution < 1.29 is 23.5 Å². The number of thiocarbonyl (C=S) groups is 1. The summed E-state index contributed by atoms with van der Waals surface area (Å²) in [6.45, 7) is 0. The Balaban J connectivity index is 1.90. The lowest BCUT2D eigenvalue weighted by atomic mass is 10.2. The number of amides is 1. The van der Waals surface area contributed by atoms with Gasteiger partial charge < -0.3 is 9.90 Å². The monoisotopic (exact) mass is 376 g/mol. The first-order valence-corrected chi connectivity index (χ1v) is 8.14. The molecule has 1 fully saturated rings. The molecular weight excluding hydrogens is 368 g/mol. The summed E-state index contributed by atoms with van der Waals surface area (Å²) in [5.41, 5.74) is 0.708. The van der Waals surface area contributed by atoms with Gasteiger partial charge in [-0.25, -0.2) is 8.78 Å². The number of carboxylic acids is 1. The SMILES string of the molecule is O=C([O-])c1ccc(N2C(=O)/C(=C\c3ccc(F)c(F)c3)SC2=S)cc1. The third-order valence-electron chi connectivity index (χ3n) is 3.40. The van der Waals surface area contributed by atoms with Gasteiger partial charge in [0.05, 0.1) is 16.6 Å². The molecule has 0 radical (unpaired) electrons. The van der Waals surface area contributed by atoms with E-state index in [0.717, 1.165) is 23.9 Å². The van der Waals surface area contributed by atoms with E-state index < -0.39 is 23.5 Å². The van der Waals surface area contributed by atoms with E-state index in [0.29, 0.717) is 11.3 Å². The van der Waals surface area contributed by atoms with Crippen LogP contribution in [0.5, 0.6) is 0 Å². The molecule has 1 aliphatic heterocycles. The minimum absolute atomic E-state index is 0.0217. The maximum absolute atomic E-state index is 13.3. The van der Waals surface area contributed by atoms with Crippen LogP contribution in [0.2, 0.25) is 0 Å². The van der Waals surface area contributed by atoms with E-state index in [1.807, 2.05) is 0 Å². The molecule has 0 aromatic heterocycles. The molecule has 0 saturated carbocycles. The Hall–Kier alpha value is -2.58. The minimum Gasteiger partial charge on any atom is -0.545 e. The van der Waals surface area contributed by atoms with Crippen LogP contribution >= 0.6 is 24.0 Å². The van der Waals surface area contributed by atoms with Crippen LogP contribution < -0.4 is 10.0 Å². The van der Waals surface area contributed by atoms with Gasteiger partial charge in [-0.2, -0.15) is 0 Å². The molecule has 0 bridgehead atoms. The molecular formula is C17H8F2NO3S2-. The van der Waals surface area contributed by atoms with Crippen molar-refractivity contribution in [3.63, 3.8) is 0 Å². The van der Waals surface area contributed by atoms with Gasteiger partial charge in [0.25, 0.3) is 5.91 Å². The Kier molecular flexibility index (Phi) is 4.65. The highest BCUT2D eigenvalue weighted by atomic mass is 32.2. The molecule has 3 rings (SSSR count). The summed E-state index contributed by atoms with van der Waals surface area (Å²) in [4.78, 5) is 24.8. The van der Waals surface area contributed by atoms with Gasteiger partial charge in [0.2, 0.25) is 0 Å². The predicted octanol–water partition coefficient (Wildman–Crippen LogP) is 2.73. The summed E-state index contributed by atoms with van der Waals surface area (Å²) in [6, 6.07) is 8.80. The van der Waals surface area contributed by atoms with Crippen molar-refractivity contribution in [1.29, 1.82) is 0 Å². The standard InChI is InChI=1S/C17H9F2NO3S2/c18-12-6-1-9(7-13(12)19)8-14-15(21)20(17(24)25-14)11-4-2-10(3-5-11)16(22)23/h1-8H,(H,22,23)/p-1/b14-8+. The van der Waals surface area contributed by atoms with Crippen molar-refractivity contribution in [2.45, 2.75) is 0 Å². The fourth-order valence-electron chi connectivity index (χ4n) is 2.19. The highest BCUT2D eigenvalue weighted by molar-refractivity contribution is 8.27. The summed E-state index contributed by atoms with van der Waals surface area (Å²) in [5, 5.41) is 10.8. The molecule has 0 atom stereocenters. The Morgan fingerprint density at radius 2 is 1.80 bits per heavy atom. The van der Waals surface area contributed by atoms with Crippen LogP contribution in [0, 0.1) is 11.6 Å². The van der Waals surface area contributed by atoms with Gasteiger partial charge in [-0.1, -0.05) is 42.2 Å². The molecule has 0 unspecified atom stereocenters. The van der Waals surface area contributed by atoms with E-state index in [9.17, 15) is 23.5 Å². The lowest BCUT2D eigenvalue weighted by Gasteiger charge is -2.15. The lowest BCUT2D eigenvalue weighted by Crippen LogP contribution is -2.28. The van der Waals surface area contributed by atoms with Gasteiger partial charge in [-0.15, -0.1) is 0 Å². The van der Waals surface area contributed by atoms with Crippen LogP contribution in [0.3, 0.4) is 0 Å². The highest BCUT2D eigenvalue weighted by Crippen LogP contribution is 2.36. The van der Waals surface area contributed by atoms with Crippen molar-refractivity contribution >= 4 is 51.9 Å². The van der Waals surface area contributed by atoms with Crippen molar-refractivity contribution in [3.05, 3.63) is 70.1 Å². The number of carboxylic acid groups (broad SMARTS) is 1. The van der Waals surface area contributed by atoms with Gasteiger partial charge >= 0.3 is 0 Å². The summed E-state index contributed by atoms with van der Waals surface area (Å²) in [7, 11) is 0. The van der Waals surface area contributed by atoms with E-state index >= 15 is 0 Å². The average molecular weight is 376 g/mol. The number of carbonyl (C=O) groups is 2. The number of hydrogen-bond acceptors (Lipinski definition) is 5. The van der Waals surface area contributed by atoms with Crippen LogP contribution in [0.1, 0.15) is 15.9 Å². The Morgan fingerprint density at radius 1 is 1.12 bits per heavy atom. The van der Waals surface area contributed by atoms with Crippen LogP contribution in [0.25, 0.3) is 6.08 Å². The largest absolute Gasteiger partial charge is 0.545 e. The molecule has 1 amide bonds. The molecule has 126 valence electrons. The second kappa shape index (κ2) is 6.73. The Bertz CT molecular complexity index is 926. The number of hydrogen-bond donors (Lipinski definition) is 0. The number of halogens is 2. The number of nitrogens with zero attached hydrogens (tertiary/aromatic N) is 1. The zero-order valence-corrected chi connectivity index (χ0v) is 14.0. The van der Waals surface area contributed by atoms with Crippen molar-refractivity contribution in [1.82, 2.24) is 0 Å². The second-order valence-corrected chi connectivity index (χ2v) is 6.70. The maximum atomic E-state index is 13.3. The van der Waals surface area contributed by atoms with Crippen LogP contribution in [0.15, 0.2) is 47.4 Å². The fourth-order valence-corrected chi connectivity index (χ4v) is 3.49. The van der Waals surface area contributed by atoms with Gasteiger partial charge in [0.15, 0.2) is 16.0 Å². The predicted molar refractivity (Wildman–Crippen MR) is 92.8 cm³/mol. The molecule has 8 heteroatoms. The van der Waals surface area contributed by atoms with Crippen molar-refractivity contribution in [2.75, 3.05) is 4.90 Å². The van der Waals surface area contributed by atoms with E-state index in [4.69, 9.17) is 12.2 Å². The fraction of sp³-hybridized carbons (Fsp3) is 0. The topological polar surface area (TPSA) is 60.4 Å². The highest BCUT2D eigenvalue weighted by Gasteiger charge is 2.33. The van der Waals surface area contributed by atoms with E-state index in [2.05, 4.69) is 0 Å². The van der Waals surface area contributed by atoms with Crippen molar-refractivity contribution in [2.24, 2.45) is 0 Å². The van der Waals surface area contributed by atoms with Gasteiger partial charge in [0.1, 0.15) is 0 Å². The first kappa shape index (κ1) is 17.2.